The smallest absolute Gasteiger partial charge is 0.157 e. The average molecular weight is 189 g/mol. The van der Waals surface area contributed by atoms with Crippen LogP contribution in [-0.4, -0.2) is 14.8 Å². The normalized spacial score (nSPS) is 11.0. The molecule has 0 saturated heterocycles. The average Bonchev–Trinajstić information content (AvgIpc) is 2.58. The summed E-state index contributed by atoms with van der Waals surface area (Å²) in [4.78, 5) is 4.37. The molecule has 0 unspecified atom stereocenters. The maximum Gasteiger partial charge on any atom is 0.157 e. The molecule has 2 aromatic rings. The lowest BCUT2D eigenvalue weighted by Gasteiger charge is -1.97. The molecule has 0 spiro atoms. The van der Waals surface area contributed by atoms with Crippen LogP contribution in [-0.2, 0) is 13.0 Å². The Morgan fingerprint density at radius 2 is 2.21 bits per heavy atom. The summed E-state index contributed by atoms with van der Waals surface area (Å²) < 4.78 is 2.01. The molecule has 3 heteroatoms. The molecule has 2 heterocycles. The van der Waals surface area contributed by atoms with E-state index < -0.39 is 0 Å². The highest BCUT2D eigenvalue weighted by molar-refractivity contribution is 5.78. The maximum absolute atomic E-state index is 4.55. The Hall–Kier alpha value is -1.38. The Morgan fingerprint density at radius 3 is 2.93 bits per heavy atom. The van der Waals surface area contributed by atoms with Crippen molar-refractivity contribution in [3.8, 4) is 0 Å². The van der Waals surface area contributed by atoms with Gasteiger partial charge in [0.2, 0.25) is 0 Å². The minimum atomic E-state index is 0.952. The molecule has 2 aromatic heterocycles. The topological polar surface area (TPSA) is 30.7 Å². The molecule has 0 amide bonds. The van der Waals surface area contributed by atoms with E-state index in [-0.39, 0.29) is 0 Å². The predicted molar refractivity (Wildman–Crippen MR) is 57.2 cm³/mol. The van der Waals surface area contributed by atoms with E-state index in [9.17, 15) is 0 Å². The van der Waals surface area contributed by atoms with Gasteiger partial charge in [-0.05, 0) is 25.0 Å². The van der Waals surface area contributed by atoms with E-state index in [2.05, 4.69) is 30.0 Å². The van der Waals surface area contributed by atoms with Crippen molar-refractivity contribution in [3.63, 3.8) is 0 Å². The molecule has 0 aliphatic heterocycles. The van der Waals surface area contributed by atoms with Gasteiger partial charge in [0.25, 0.3) is 0 Å². The van der Waals surface area contributed by atoms with Crippen molar-refractivity contribution in [2.45, 2.75) is 33.2 Å². The van der Waals surface area contributed by atoms with Gasteiger partial charge in [0.05, 0.1) is 5.69 Å². The van der Waals surface area contributed by atoms with Crippen LogP contribution in [0.25, 0.3) is 11.0 Å². The van der Waals surface area contributed by atoms with Crippen molar-refractivity contribution < 1.29 is 0 Å². The minimum Gasteiger partial charge on any atom is -0.247 e. The molecule has 0 N–H and O–H groups in total. The van der Waals surface area contributed by atoms with Crippen LogP contribution in [0.5, 0.6) is 0 Å². The molecule has 14 heavy (non-hydrogen) atoms. The van der Waals surface area contributed by atoms with Gasteiger partial charge in [-0.25, -0.2) is 9.67 Å². The molecule has 0 aromatic carbocycles. The Balaban J connectivity index is 2.61. The van der Waals surface area contributed by atoms with Gasteiger partial charge in [-0.1, -0.05) is 13.8 Å². The number of fused-ring (bicyclic) bond motifs is 1. The van der Waals surface area contributed by atoms with Gasteiger partial charge in [-0.15, -0.1) is 0 Å². The number of aromatic nitrogens is 3. The maximum atomic E-state index is 4.55. The summed E-state index contributed by atoms with van der Waals surface area (Å²) in [6.07, 6.45) is 3.89. The highest BCUT2D eigenvalue weighted by Crippen LogP contribution is 2.16. The number of aryl methyl sites for hydroxylation is 2. The molecule has 3 nitrogen and oxygen atoms in total. The van der Waals surface area contributed by atoms with Crippen LogP contribution in [0, 0.1) is 0 Å². The monoisotopic (exact) mass is 189 g/mol. The first kappa shape index (κ1) is 9.19. The van der Waals surface area contributed by atoms with E-state index in [4.69, 9.17) is 0 Å². The molecular formula is C11H15N3. The molecule has 0 radical (unpaired) electrons. The zero-order chi connectivity index (χ0) is 9.97. The first-order valence-corrected chi connectivity index (χ1v) is 5.17. The van der Waals surface area contributed by atoms with Crippen LogP contribution in [0.1, 0.15) is 26.0 Å². The zero-order valence-electron chi connectivity index (χ0n) is 8.70. The third kappa shape index (κ3) is 1.39. The van der Waals surface area contributed by atoms with Gasteiger partial charge in [0, 0.05) is 18.1 Å². The molecule has 0 aliphatic carbocycles. The zero-order valence-corrected chi connectivity index (χ0v) is 8.70. The summed E-state index contributed by atoms with van der Waals surface area (Å²) in [5.74, 6) is 0. The summed E-state index contributed by atoms with van der Waals surface area (Å²) in [6.45, 7) is 5.24. The van der Waals surface area contributed by atoms with E-state index in [0.717, 1.165) is 30.7 Å². The Kier molecular flexibility index (Phi) is 2.48. The van der Waals surface area contributed by atoms with Crippen molar-refractivity contribution in [1.82, 2.24) is 14.8 Å². The molecule has 0 fully saturated rings. The molecular weight excluding hydrogens is 174 g/mol. The standard InChI is InChI=1S/C11H15N3/c1-3-8-14-11-9(6-5-7-12-11)10(4-2)13-14/h5-7H,3-4,8H2,1-2H3. The molecule has 0 saturated carbocycles. The fraction of sp³-hybridized carbons (Fsp3) is 0.455. The van der Waals surface area contributed by atoms with E-state index in [1.807, 2.05) is 16.9 Å². The summed E-state index contributed by atoms with van der Waals surface area (Å²) in [6, 6.07) is 4.07. The van der Waals surface area contributed by atoms with Crippen LogP contribution >= 0.6 is 0 Å². The number of hydrogen-bond acceptors (Lipinski definition) is 2. The lowest BCUT2D eigenvalue weighted by molar-refractivity contribution is 0.608. The van der Waals surface area contributed by atoms with Gasteiger partial charge in [-0.2, -0.15) is 5.10 Å². The summed E-state index contributed by atoms with van der Waals surface area (Å²) in [5.41, 5.74) is 2.17. The Morgan fingerprint density at radius 1 is 1.36 bits per heavy atom. The molecule has 0 atom stereocenters. The SMILES string of the molecule is CCCn1nc(CC)c2cccnc21. The first-order chi connectivity index (χ1) is 6.86. The number of rotatable bonds is 3. The number of nitrogens with zero attached hydrogens (tertiary/aromatic N) is 3. The van der Waals surface area contributed by atoms with Crippen LogP contribution in [0.2, 0.25) is 0 Å². The van der Waals surface area contributed by atoms with Crippen LogP contribution in [0.15, 0.2) is 18.3 Å². The molecule has 2 rings (SSSR count). The Bertz CT molecular complexity index is 431. The largest absolute Gasteiger partial charge is 0.247 e. The van der Waals surface area contributed by atoms with Crippen molar-refractivity contribution in [2.75, 3.05) is 0 Å². The van der Waals surface area contributed by atoms with E-state index in [0.29, 0.717) is 0 Å². The van der Waals surface area contributed by atoms with Crippen molar-refractivity contribution in [3.05, 3.63) is 24.0 Å². The van der Waals surface area contributed by atoms with Crippen LogP contribution < -0.4 is 0 Å². The summed E-state index contributed by atoms with van der Waals surface area (Å²) in [7, 11) is 0. The van der Waals surface area contributed by atoms with E-state index >= 15 is 0 Å². The number of pyridine rings is 1. The van der Waals surface area contributed by atoms with E-state index in [1.54, 1.807) is 0 Å². The second-order valence-corrected chi connectivity index (χ2v) is 3.40. The van der Waals surface area contributed by atoms with Crippen molar-refractivity contribution >= 4 is 11.0 Å². The second-order valence-electron chi connectivity index (χ2n) is 3.40. The van der Waals surface area contributed by atoms with Crippen molar-refractivity contribution in [2.24, 2.45) is 0 Å². The summed E-state index contributed by atoms with van der Waals surface area (Å²) in [5, 5.41) is 5.75. The first-order valence-electron chi connectivity index (χ1n) is 5.17. The second kappa shape index (κ2) is 3.78. The van der Waals surface area contributed by atoms with E-state index in [1.165, 1.54) is 5.39 Å². The van der Waals surface area contributed by atoms with Gasteiger partial charge >= 0.3 is 0 Å². The molecule has 74 valence electrons. The van der Waals surface area contributed by atoms with Gasteiger partial charge in [-0.3, -0.25) is 0 Å². The number of hydrogen-bond donors (Lipinski definition) is 0. The van der Waals surface area contributed by atoms with Crippen molar-refractivity contribution in [1.29, 1.82) is 0 Å². The molecule has 0 aliphatic rings. The molecule has 0 bridgehead atoms. The minimum absolute atomic E-state index is 0.952. The van der Waals surface area contributed by atoms with Gasteiger partial charge in [0.15, 0.2) is 5.65 Å². The lowest BCUT2D eigenvalue weighted by Crippen LogP contribution is -2.00. The fourth-order valence-corrected chi connectivity index (χ4v) is 1.70. The van der Waals surface area contributed by atoms with Crippen LogP contribution in [0.4, 0.5) is 0 Å². The summed E-state index contributed by atoms with van der Waals surface area (Å²) >= 11 is 0. The van der Waals surface area contributed by atoms with Gasteiger partial charge in [0.1, 0.15) is 0 Å². The predicted octanol–water partition coefficient (Wildman–Crippen LogP) is 2.40. The Labute approximate surface area is 83.8 Å². The third-order valence-electron chi connectivity index (χ3n) is 2.35. The quantitative estimate of drug-likeness (QED) is 0.742. The highest BCUT2D eigenvalue weighted by Gasteiger charge is 2.08. The highest BCUT2D eigenvalue weighted by atomic mass is 15.3. The van der Waals surface area contributed by atoms with Crippen LogP contribution in [0.3, 0.4) is 0 Å². The lowest BCUT2D eigenvalue weighted by atomic mass is 10.2. The fourth-order valence-electron chi connectivity index (χ4n) is 1.70. The van der Waals surface area contributed by atoms with Gasteiger partial charge < -0.3 is 0 Å². The third-order valence-corrected chi connectivity index (χ3v) is 2.35.